The summed E-state index contributed by atoms with van der Waals surface area (Å²) in [4.78, 5) is 10.7. The van der Waals surface area contributed by atoms with Gasteiger partial charge in [0.25, 0.3) is 10.0 Å². The fourth-order valence-corrected chi connectivity index (χ4v) is 3.65. The molecule has 0 bridgehead atoms. The first kappa shape index (κ1) is 14.4. The Morgan fingerprint density at radius 1 is 1.25 bits per heavy atom. The van der Waals surface area contributed by atoms with Gasteiger partial charge < -0.3 is 10.2 Å². The van der Waals surface area contributed by atoms with Crippen molar-refractivity contribution in [2.45, 2.75) is 11.1 Å². The van der Waals surface area contributed by atoms with Crippen LogP contribution in [-0.4, -0.2) is 24.6 Å². The molecule has 0 saturated heterocycles. The molecule has 0 spiro atoms. The molecule has 20 heavy (non-hydrogen) atoms. The molecule has 0 saturated carbocycles. The number of hydrogen-bond acceptors (Lipinski definition) is 5. The maximum atomic E-state index is 12.1. The van der Waals surface area contributed by atoms with Crippen molar-refractivity contribution in [1.82, 2.24) is 0 Å². The molecule has 106 valence electrons. The number of phenols is 1. The van der Waals surface area contributed by atoms with E-state index in [-0.39, 0.29) is 20.5 Å². The number of phenolic OH excluding ortho intramolecular Hbond substituents is 1. The molecule has 2 rings (SSSR count). The Labute approximate surface area is 119 Å². The molecule has 1 aromatic heterocycles. The summed E-state index contributed by atoms with van der Waals surface area (Å²) in [6.45, 7) is 1.69. The van der Waals surface area contributed by atoms with Gasteiger partial charge >= 0.3 is 5.97 Å². The summed E-state index contributed by atoms with van der Waals surface area (Å²) in [5.74, 6) is -1.20. The van der Waals surface area contributed by atoms with E-state index < -0.39 is 16.0 Å². The Balaban J connectivity index is 2.30. The standard InChI is InChI=1S/C12H11NO5S2/c1-7-2-3-8(6-9(7)14)13-20(17,18)11-5-4-10(19-11)12(15)16/h2-6,13-14H,1H3,(H,15,16). The highest BCUT2D eigenvalue weighted by atomic mass is 32.2. The van der Waals surface area contributed by atoms with E-state index in [9.17, 15) is 18.3 Å². The number of sulfonamides is 1. The SMILES string of the molecule is Cc1ccc(NS(=O)(=O)c2ccc(C(=O)O)s2)cc1O. The maximum absolute atomic E-state index is 12.1. The maximum Gasteiger partial charge on any atom is 0.345 e. The number of aryl methyl sites for hydroxylation is 1. The van der Waals surface area contributed by atoms with Gasteiger partial charge in [-0.15, -0.1) is 11.3 Å². The van der Waals surface area contributed by atoms with E-state index in [0.717, 1.165) is 0 Å². The van der Waals surface area contributed by atoms with Crippen LogP contribution in [0.4, 0.5) is 5.69 Å². The number of aromatic hydroxyl groups is 1. The summed E-state index contributed by atoms with van der Waals surface area (Å²) >= 11 is 0.662. The zero-order valence-corrected chi connectivity index (χ0v) is 12.0. The molecule has 0 aliphatic carbocycles. The Bertz CT molecular complexity index is 764. The number of thiophene rings is 1. The zero-order valence-electron chi connectivity index (χ0n) is 10.3. The van der Waals surface area contributed by atoms with E-state index in [1.165, 1.54) is 24.3 Å². The molecule has 8 heteroatoms. The van der Waals surface area contributed by atoms with Gasteiger partial charge in [-0.05, 0) is 30.7 Å². The first-order chi connectivity index (χ1) is 9.29. The van der Waals surface area contributed by atoms with E-state index in [1.54, 1.807) is 13.0 Å². The molecule has 2 aromatic rings. The number of aromatic carboxylic acids is 1. The Morgan fingerprint density at radius 2 is 1.95 bits per heavy atom. The third-order valence-corrected chi connectivity index (χ3v) is 5.46. The second-order valence-corrected chi connectivity index (χ2v) is 7.02. The lowest BCUT2D eigenvalue weighted by Gasteiger charge is -2.07. The minimum absolute atomic E-state index is 0.0254. The normalized spacial score (nSPS) is 11.2. The van der Waals surface area contributed by atoms with Crippen LogP contribution in [0.1, 0.15) is 15.2 Å². The average molecular weight is 313 g/mol. The number of benzene rings is 1. The molecule has 0 fully saturated rings. The van der Waals surface area contributed by atoms with Crippen molar-refractivity contribution in [3.05, 3.63) is 40.8 Å². The minimum Gasteiger partial charge on any atom is -0.508 e. The average Bonchev–Trinajstić information content (AvgIpc) is 2.84. The van der Waals surface area contributed by atoms with E-state index in [2.05, 4.69) is 4.72 Å². The van der Waals surface area contributed by atoms with Crippen LogP contribution in [0.3, 0.4) is 0 Å². The van der Waals surface area contributed by atoms with Crippen LogP contribution in [-0.2, 0) is 10.0 Å². The van der Waals surface area contributed by atoms with Gasteiger partial charge in [0.1, 0.15) is 14.8 Å². The summed E-state index contributed by atoms with van der Waals surface area (Å²) in [7, 11) is -3.86. The summed E-state index contributed by atoms with van der Waals surface area (Å²) in [6.07, 6.45) is 0. The second-order valence-electron chi connectivity index (χ2n) is 4.03. The van der Waals surface area contributed by atoms with Gasteiger partial charge in [-0.3, -0.25) is 4.72 Å². The van der Waals surface area contributed by atoms with Crippen molar-refractivity contribution in [3.8, 4) is 5.75 Å². The van der Waals surface area contributed by atoms with Gasteiger partial charge in [0, 0.05) is 6.07 Å². The highest BCUT2D eigenvalue weighted by molar-refractivity contribution is 7.94. The number of hydrogen-bond donors (Lipinski definition) is 3. The molecule has 0 aliphatic rings. The number of carbonyl (C=O) groups is 1. The largest absolute Gasteiger partial charge is 0.508 e. The second kappa shape index (κ2) is 5.14. The van der Waals surface area contributed by atoms with Crippen LogP contribution < -0.4 is 4.72 Å². The summed E-state index contributed by atoms with van der Waals surface area (Å²) in [5, 5.41) is 18.3. The molecule has 0 atom stereocenters. The van der Waals surface area contributed by atoms with Crippen molar-refractivity contribution in [1.29, 1.82) is 0 Å². The molecule has 6 nitrogen and oxygen atoms in total. The lowest BCUT2D eigenvalue weighted by molar-refractivity contribution is 0.0702. The lowest BCUT2D eigenvalue weighted by Crippen LogP contribution is -2.11. The van der Waals surface area contributed by atoms with E-state index >= 15 is 0 Å². The van der Waals surface area contributed by atoms with Gasteiger partial charge in [0.05, 0.1) is 5.69 Å². The lowest BCUT2D eigenvalue weighted by atomic mass is 10.2. The van der Waals surface area contributed by atoms with Crippen LogP contribution in [0.15, 0.2) is 34.5 Å². The predicted molar refractivity (Wildman–Crippen MR) is 74.9 cm³/mol. The Kier molecular flexibility index (Phi) is 3.69. The third-order valence-electron chi connectivity index (χ3n) is 2.52. The fraction of sp³-hybridized carbons (Fsp3) is 0.0833. The van der Waals surface area contributed by atoms with E-state index in [1.807, 2.05) is 0 Å². The first-order valence-corrected chi connectivity index (χ1v) is 7.75. The summed E-state index contributed by atoms with van der Waals surface area (Å²) in [6, 6.07) is 6.83. The third kappa shape index (κ3) is 2.91. The van der Waals surface area contributed by atoms with Crippen molar-refractivity contribution < 1.29 is 23.4 Å². The van der Waals surface area contributed by atoms with Crippen molar-refractivity contribution in [2.75, 3.05) is 4.72 Å². The van der Waals surface area contributed by atoms with Crippen LogP contribution in [0.5, 0.6) is 5.75 Å². The van der Waals surface area contributed by atoms with Crippen molar-refractivity contribution in [2.24, 2.45) is 0 Å². The number of rotatable bonds is 4. The van der Waals surface area contributed by atoms with Crippen molar-refractivity contribution in [3.63, 3.8) is 0 Å². The monoisotopic (exact) mass is 313 g/mol. The van der Waals surface area contributed by atoms with Gasteiger partial charge in [0.15, 0.2) is 0 Å². The topological polar surface area (TPSA) is 104 Å². The molecule has 1 aromatic carbocycles. The molecule has 3 N–H and O–H groups in total. The van der Waals surface area contributed by atoms with Crippen LogP contribution in [0, 0.1) is 6.92 Å². The molecule has 0 aliphatic heterocycles. The molecule has 1 heterocycles. The number of carboxylic acid groups (broad SMARTS) is 1. The number of nitrogens with one attached hydrogen (secondary N) is 1. The summed E-state index contributed by atoms with van der Waals surface area (Å²) < 4.78 is 26.3. The van der Waals surface area contributed by atoms with E-state index in [4.69, 9.17) is 5.11 Å². The van der Waals surface area contributed by atoms with Gasteiger partial charge in [0.2, 0.25) is 0 Å². The molecule has 0 radical (unpaired) electrons. The molecule has 0 amide bonds. The molecule has 0 unspecified atom stereocenters. The van der Waals surface area contributed by atoms with Gasteiger partial charge in [-0.1, -0.05) is 6.07 Å². The molecular weight excluding hydrogens is 302 g/mol. The first-order valence-electron chi connectivity index (χ1n) is 5.45. The Hall–Kier alpha value is -2.06. The fourth-order valence-electron chi connectivity index (χ4n) is 1.46. The quantitative estimate of drug-likeness (QED) is 0.803. The highest BCUT2D eigenvalue weighted by Gasteiger charge is 2.19. The van der Waals surface area contributed by atoms with Crippen LogP contribution >= 0.6 is 11.3 Å². The molecular formula is C12H11NO5S2. The van der Waals surface area contributed by atoms with E-state index in [0.29, 0.717) is 16.9 Å². The van der Waals surface area contributed by atoms with Crippen molar-refractivity contribution >= 4 is 33.0 Å². The number of anilines is 1. The van der Waals surface area contributed by atoms with Crippen LogP contribution in [0.25, 0.3) is 0 Å². The highest BCUT2D eigenvalue weighted by Crippen LogP contribution is 2.26. The minimum atomic E-state index is -3.86. The smallest absolute Gasteiger partial charge is 0.345 e. The predicted octanol–water partition coefficient (Wildman–Crippen LogP) is 2.26. The summed E-state index contributed by atoms with van der Waals surface area (Å²) in [5.41, 5.74) is 0.829. The number of carboxylic acids is 1. The Morgan fingerprint density at radius 3 is 2.50 bits per heavy atom. The van der Waals surface area contributed by atoms with Gasteiger partial charge in [-0.25, -0.2) is 13.2 Å². The zero-order chi connectivity index (χ0) is 14.9. The van der Waals surface area contributed by atoms with Gasteiger partial charge in [-0.2, -0.15) is 0 Å². The van der Waals surface area contributed by atoms with Crippen LogP contribution in [0.2, 0.25) is 0 Å².